The van der Waals surface area contributed by atoms with E-state index in [2.05, 4.69) is 85.8 Å². The lowest BCUT2D eigenvalue weighted by molar-refractivity contribution is 0.864. The second-order valence-electron chi connectivity index (χ2n) is 9.71. The van der Waals surface area contributed by atoms with E-state index < -0.39 is 5.89 Å². The van der Waals surface area contributed by atoms with Crippen LogP contribution in [0.25, 0.3) is 63.7 Å². The van der Waals surface area contributed by atoms with Gasteiger partial charge in [0.2, 0.25) is 0 Å². The van der Waals surface area contributed by atoms with E-state index in [0.717, 1.165) is 16.8 Å². The molecule has 0 atom stereocenters. The van der Waals surface area contributed by atoms with Crippen molar-refractivity contribution in [3.8, 4) is 11.3 Å². The Morgan fingerprint density at radius 1 is 0.714 bits per heavy atom. The van der Waals surface area contributed by atoms with Crippen LogP contribution in [0.1, 0.15) is 32.2 Å². The van der Waals surface area contributed by atoms with Crippen molar-refractivity contribution in [1.29, 1.82) is 0 Å². The number of fused-ring (bicyclic) bond motifs is 9. The molecule has 0 aliphatic heterocycles. The third kappa shape index (κ3) is 3.10. The van der Waals surface area contributed by atoms with Crippen molar-refractivity contribution in [2.45, 2.75) is 26.7 Å². The number of rotatable bonds is 2. The molecule has 0 fully saturated rings. The first-order valence-electron chi connectivity index (χ1n) is 12.6. The summed E-state index contributed by atoms with van der Waals surface area (Å²) < 4.78 is 11.1. The van der Waals surface area contributed by atoms with Crippen LogP contribution in [0.15, 0.2) is 91.1 Å². The van der Waals surface area contributed by atoms with Crippen molar-refractivity contribution in [2.75, 3.05) is 0 Å². The number of aryl methyl sites for hydroxylation is 1. The molecule has 0 aliphatic rings. The van der Waals surface area contributed by atoms with Gasteiger partial charge < -0.3 is 0 Å². The zero-order chi connectivity index (χ0) is 24.6. The van der Waals surface area contributed by atoms with Crippen LogP contribution >= 0.6 is 11.3 Å². The van der Waals surface area contributed by atoms with E-state index in [4.69, 9.17) is 6.35 Å². The molecule has 2 aromatic heterocycles. The molecule has 0 radical (unpaired) electrons. The van der Waals surface area contributed by atoms with Crippen LogP contribution in [0.5, 0.6) is 0 Å². The average molecular weight is 469 g/mol. The fourth-order valence-electron chi connectivity index (χ4n) is 5.43. The Hall–Kier alpha value is -3.75. The summed E-state index contributed by atoms with van der Waals surface area (Å²) in [5, 5.41) is 10.3. The maximum absolute atomic E-state index is 8.56. The van der Waals surface area contributed by atoms with Gasteiger partial charge in [0, 0.05) is 38.7 Å². The van der Waals surface area contributed by atoms with Gasteiger partial charge in [0.15, 0.2) is 0 Å². The minimum Gasteiger partial charge on any atom is -0.256 e. The van der Waals surface area contributed by atoms with Gasteiger partial charge in [-0.3, -0.25) is 4.98 Å². The van der Waals surface area contributed by atoms with Crippen molar-refractivity contribution in [2.24, 2.45) is 0 Å². The highest BCUT2D eigenvalue weighted by Crippen LogP contribution is 2.46. The van der Waals surface area contributed by atoms with Crippen molar-refractivity contribution in [3.63, 3.8) is 0 Å². The molecule has 5 aromatic carbocycles. The van der Waals surface area contributed by atoms with Gasteiger partial charge in [0.05, 0.1) is 5.69 Å². The fraction of sp³-hybridized carbons (Fsp3) is 0.121. The summed E-state index contributed by atoms with van der Waals surface area (Å²) in [5.41, 5.74) is 4.33. The fourth-order valence-corrected chi connectivity index (χ4v) is 6.80. The van der Waals surface area contributed by atoms with Crippen LogP contribution in [0, 0.1) is 6.92 Å². The van der Waals surface area contributed by atoms with Gasteiger partial charge in [0.1, 0.15) is 0 Å². The van der Waals surface area contributed by atoms with Crippen LogP contribution in [-0.4, -0.2) is 4.98 Å². The minimum absolute atomic E-state index is 0.677. The quantitative estimate of drug-likeness (QED) is 0.230. The number of pyridine rings is 1. The van der Waals surface area contributed by atoms with Crippen molar-refractivity contribution in [1.82, 2.24) is 4.98 Å². The Bertz CT molecular complexity index is 1990. The Labute approximate surface area is 210 Å². The van der Waals surface area contributed by atoms with E-state index in [9.17, 15) is 0 Å². The highest BCUT2D eigenvalue weighted by Gasteiger charge is 2.17. The summed E-state index contributed by atoms with van der Waals surface area (Å²) in [5.74, 6) is -0.677. The third-order valence-electron chi connectivity index (χ3n) is 7.21. The first-order valence-corrected chi connectivity index (χ1v) is 12.9. The Kier molecular flexibility index (Phi) is 4.26. The van der Waals surface area contributed by atoms with Crippen molar-refractivity contribution < 1.29 is 1.37 Å². The molecule has 0 saturated heterocycles. The van der Waals surface area contributed by atoms with Gasteiger partial charge in [-0.05, 0) is 63.5 Å². The molecule has 7 aromatic rings. The molecular weight excluding hydrogens is 442 g/mol. The summed E-state index contributed by atoms with van der Waals surface area (Å²) in [4.78, 5) is 4.79. The SMILES string of the molecule is [2H]C(C)(C)c1ccnc(-c2cc3ccccc3c3c2sc2c4ccc5cc(C)ccc5c4ccc23)c1. The number of thiophene rings is 1. The summed E-state index contributed by atoms with van der Waals surface area (Å²) >= 11 is 1.87. The van der Waals surface area contributed by atoms with E-state index in [1.54, 1.807) is 0 Å². The lowest BCUT2D eigenvalue weighted by Gasteiger charge is -2.10. The van der Waals surface area contributed by atoms with Crippen LogP contribution < -0.4 is 0 Å². The van der Waals surface area contributed by atoms with Gasteiger partial charge in [-0.15, -0.1) is 11.3 Å². The summed E-state index contributed by atoms with van der Waals surface area (Å²) in [7, 11) is 0. The monoisotopic (exact) mass is 468 g/mol. The molecule has 0 bridgehead atoms. The van der Waals surface area contributed by atoms with Gasteiger partial charge in [-0.2, -0.15) is 0 Å². The number of nitrogens with zero attached hydrogens (tertiary/aromatic N) is 1. The van der Waals surface area contributed by atoms with E-state index >= 15 is 0 Å². The number of benzene rings is 5. The zero-order valence-electron chi connectivity index (χ0n) is 21.0. The molecule has 2 heteroatoms. The van der Waals surface area contributed by atoms with Crippen molar-refractivity contribution in [3.05, 3.63) is 102 Å². The van der Waals surface area contributed by atoms with Crippen LogP contribution in [0.4, 0.5) is 0 Å². The molecule has 1 nitrogen and oxygen atoms in total. The standard InChI is InChI=1S/C33H25NS/c1-19(2)21-14-15-34-30(18-21)29-17-22-6-4-5-7-25(22)31-28-13-12-26-24-10-8-20(3)16-23(24)9-11-27(26)32(28)35-33(29)31/h4-19H,1-3H3/i19D. The zero-order valence-corrected chi connectivity index (χ0v) is 20.8. The van der Waals surface area contributed by atoms with Gasteiger partial charge >= 0.3 is 0 Å². The maximum atomic E-state index is 8.56. The van der Waals surface area contributed by atoms with Crippen molar-refractivity contribution >= 4 is 63.8 Å². The number of hydrogen-bond acceptors (Lipinski definition) is 2. The molecule has 0 saturated carbocycles. The smallest absolute Gasteiger partial charge is 0.0719 e. The Morgan fingerprint density at radius 3 is 2.37 bits per heavy atom. The van der Waals surface area contributed by atoms with Gasteiger partial charge in [-0.1, -0.05) is 86.1 Å². The Morgan fingerprint density at radius 2 is 1.49 bits per heavy atom. The second kappa shape index (κ2) is 7.63. The predicted molar refractivity (Wildman–Crippen MR) is 154 cm³/mol. The number of aromatic nitrogens is 1. The lowest BCUT2D eigenvalue weighted by Crippen LogP contribution is -1.91. The van der Waals surface area contributed by atoms with Crippen LogP contribution in [0.2, 0.25) is 0 Å². The predicted octanol–water partition coefficient (Wildman–Crippen LogP) is 10.0. The highest BCUT2D eigenvalue weighted by atomic mass is 32.1. The van der Waals surface area contributed by atoms with E-state index in [-0.39, 0.29) is 0 Å². The summed E-state index contributed by atoms with van der Waals surface area (Å²) in [6.45, 7) is 6.01. The summed E-state index contributed by atoms with van der Waals surface area (Å²) in [6, 6.07) is 30.9. The molecule has 0 spiro atoms. The maximum Gasteiger partial charge on any atom is 0.0719 e. The second-order valence-corrected chi connectivity index (χ2v) is 10.7. The molecule has 7 rings (SSSR count). The largest absolute Gasteiger partial charge is 0.256 e. The van der Waals surface area contributed by atoms with Gasteiger partial charge in [0.25, 0.3) is 0 Å². The molecule has 168 valence electrons. The topological polar surface area (TPSA) is 12.9 Å². The molecule has 0 amide bonds. The molecule has 0 N–H and O–H groups in total. The highest BCUT2D eigenvalue weighted by molar-refractivity contribution is 7.27. The van der Waals surface area contributed by atoms with Crippen LogP contribution in [0.3, 0.4) is 0 Å². The van der Waals surface area contributed by atoms with E-state index in [0.29, 0.717) is 0 Å². The average Bonchev–Trinajstić information content (AvgIpc) is 3.27. The molecule has 35 heavy (non-hydrogen) atoms. The Balaban J connectivity index is 1.63. The van der Waals surface area contributed by atoms with Crippen LogP contribution in [-0.2, 0) is 0 Å². The molecular formula is C33H25NS. The third-order valence-corrected chi connectivity index (χ3v) is 8.48. The van der Waals surface area contributed by atoms with E-state index in [1.807, 2.05) is 37.4 Å². The summed E-state index contributed by atoms with van der Waals surface area (Å²) in [6.07, 6.45) is 1.85. The minimum atomic E-state index is -0.677. The lowest BCUT2D eigenvalue weighted by atomic mass is 9.95. The first kappa shape index (κ1) is 19.5. The molecule has 0 aliphatic carbocycles. The normalized spacial score (nSPS) is 12.8. The van der Waals surface area contributed by atoms with Gasteiger partial charge in [-0.25, -0.2) is 0 Å². The molecule has 0 unspecified atom stereocenters. The first-order chi connectivity index (χ1) is 17.4. The number of hydrogen-bond donors (Lipinski definition) is 0. The molecule has 2 heterocycles. The van der Waals surface area contributed by atoms with E-state index in [1.165, 1.54) is 58.1 Å².